The quantitative estimate of drug-likeness (QED) is 0.0914. The molecular formula is C38H35N5O5. The van der Waals surface area contributed by atoms with E-state index in [0.717, 1.165) is 16.2 Å². The van der Waals surface area contributed by atoms with Crippen LogP contribution in [0.4, 0.5) is 0 Å². The molecular weight excluding hydrogens is 606 g/mol. The van der Waals surface area contributed by atoms with Crippen molar-refractivity contribution in [3.05, 3.63) is 131 Å². The Morgan fingerprint density at radius 2 is 1.50 bits per heavy atom. The molecule has 1 heterocycles. The maximum Gasteiger partial charge on any atom is 0.335 e. The minimum atomic E-state index is -2.30. The number of benzene rings is 5. The molecule has 0 spiro atoms. The summed E-state index contributed by atoms with van der Waals surface area (Å²) in [4.78, 5) is 58.0. The van der Waals surface area contributed by atoms with E-state index in [0.29, 0.717) is 16.5 Å². The Morgan fingerprint density at radius 1 is 0.854 bits per heavy atom. The number of carbonyl (C=O) groups is 4. The molecule has 0 saturated carbocycles. The molecule has 3 atom stereocenters. The largest absolute Gasteiger partial charge is 0.479 e. The molecule has 2 amide bonds. The van der Waals surface area contributed by atoms with Gasteiger partial charge in [-0.3, -0.25) is 19.8 Å². The highest BCUT2D eigenvalue weighted by atomic mass is 16.4. The molecule has 7 N–H and O–H groups in total. The van der Waals surface area contributed by atoms with Gasteiger partial charge in [0, 0.05) is 17.7 Å². The van der Waals surface area contributed by atoms with Gasteiger partial charge in [0.2, 0.25) is 11.8 Å². The minimum absolute atomic E-state index is 0.0629. The van der Waals surface area contributed by atoms with Gasteiger partial charge in [-0.2, -0.15) is 0 Å². The number of likely N-dealkylation sites (tertiary alicyclic amines) is 1. The van der Waals surface area contributed by atoms with Gasteiger partial charge in [-0.25, -0.2) is 4.79 Å². The third-order valence-corrected chi connectivity index (χ3v) is 9.48. The van der Waals surface area contributed by atoms with E-state index < -0.39 is 40.6 Å². The number of ketones is 1. The van der Waals surface area contributed by atoms with E-state index in [4.69, 9.17) is 16.9 Å². The van der Waals surface area contributed by atoms with E-state index in [1.54, 1.807) is 48.5 Å². The highest BCUT2D eigenvalue weighted by molar-refractivity contribution is 6.14. The molecule has 1 aliphatic heterocycles. The van der Waals surface area contributed by atoms with E-state index >= 15 is 4.79 Å². The second kappa shape index (κ2) is 12.4. The van der Waals surface area contributed by atoms with E-state index in [1.165, 1.54) is 17.9 Å². The zero-order chi connectivity index (χ0) is 34.2. The van der Waals surface area contributed by atoms with E-state index in [-0.39, 0.29) is 36.5 Å². The Bertz CT molecular complexity index is 2120. The van der Waals surface area contributed by atoms with E-state index in [1.807, 2.05) is 54.6 Å². The number of nitrogens with two attached hydrogens (primary N) is 2. The van der Waals surface area contributed by atoms with Crippen molar-refractivity contribution in [2.24, 2.45) is 11.5 Å². The van der Waals surface area contributed by atoms with Crippen molar-refractivity contribution in [3.63, 3.8) is 0 Å². The monoisotopic (exact) mass is 641 g/mol. The van der Waals surface area contributed by atoms with Crippen molar-refractivity contribution in [3.8, 4) is 0 Å². The zero-order valence-electron chi connectivity index (χ0n) is 26.3. The van der Waals surface area contributed by atoms with Crippen molar-refractivity contribution in [1.82, 2.24) is 10.2 Å². The standard InChI is InChI=1S/C38H35N5O5/c1-23(42-32(44)22-39)35(46)43-19-18-37(31-15-7-11-25-9-4-5-14-30(25)31,33(45)27-12-6-13-28(20-27)34(40)41)38(43,36(47)48)29-17-16-24-8-2-3-10-26(24)21-29/h2-17,20-21,23H,18-19,22,39H2,1H3,(H3,40,41)(H,42,44)(H,47,48)/t23-,37?,38-/m0/s1. The van der Waals surface area contributed by atoms with E-state index in [2.05, 4.69) is 5.32 Å². The fraction of sp³-hybridized carbons (Fsp3) is 0.184. The molecule has 5 aromatic carbocycles. The van der Waals surface area contributed by atoms with Crippen LogP contribution in [0.2, 0.25) is 0 Å². The summed E-state index contributed by atoms with van der Waals surface area (Å²) in [7, 11) is 0. The van der Waals surface area contributed by atoms with Gasteiger partial charge >= 0.3 is 5.97 Å². The molecule has 242 valence electrons. The number of Topliss-reactive ketones (excluding diaryl/α,β-unsaturated/α-hetero) is 1. The van der Waals surface area contributed by atoms with Crippen LogP contribution in [0.1, 0.15) is 40.4 Å². The Morgan fingerprint density at radius 3 is 2.21 bits per heavy atom. The highest BCUT2D eigenvalue weighted by Gasteiger charge is 2.71. The Labute approximate surface area is 276 Å². The number of amides is 2. The van der Waals surface area contributed by atoms with Crippen molar-refractivity contribution in [2.45, 2.75) is 30.3 Å². The number of nitrogen functional groups attached to an aromatic ring is 1. The van der Waals surface area contributed by atoms with Gasteiger partial charge in [0.1, 0.15) is 11.9 Å². The van der Waals surface area contributed by atoms with Gasteiger partial charge < -0.3 is 26.8 Å². The van der Waals surface area contributed by atoms with Crippen LogP contribution in [0.5, 0.6) is 0 Å². The third kappa shape index (κ3) is 4.89. The maximum atomic E-state index is 15.5. The lowest BCUT2D eigenvalue weighted by Gasteiger charge is -2.47. The molecule has 1 aliphatic rings. The Hall–Kier alpha value is -5.87. The predicted octanol–water partition coefficient (Wildman–Crippen LogP) is 4.07. The summed E-state index contributed by atoms with van der Waals surface area (Å²) in [6, 6.07) is 30.5. The van der Waals surface area contributed by atoms with Gasteiger partial charge in [0.05, 0.1) is 12.0 Å². The molecule has 10 heteroatoms. The van der Waals surface area contributed by atoms with Crippen LogP contribution in [0.15, 0.2) is 109 Å². The average Bonchev–Trinajstić information content (AvgIpc) is 3.48. The first-order chi connectivity index (χ1) is 23.1. The number of amidine groups is 1. The SMILES string of the molecule is C[C@H](NC(=O)CN)C(=O)N1CCC(C(=O)c2cccc(C(=N)N)c2)(c2cccc3ccccc23)[C@@]1(C(=O)O)c1ccc2ccccc2c1. The van der Waals surface area contributed by atoms with Crippen LogP contribution < -0.4 is 16.8 Å². The number of aliphatic carboxylic acids is 1. The summed E-state index contributed by atoms with van der Waals surface area (Å²) in [6.45, 7) is 0.985. The van der Waals surface area contributed by atoms with Crippen molar-refractivity contribution < 1.29 is 24.3 Å². The Balaban J connectivity index is 1.75. The van der Waals surface area contributed by atoms with Gasteiger partial charge in [0.25, 0.3) is 0 Å². The third-order valence-electron chi connectivity index (χ3n) is 9.48. The molecule has 0 aromatic heterocycles. The van der Waals surface area contributed by atoms with Gasteiger partial charge in [-0.15, -0.1) is 0 Å². The normalized spacial score (nSPS) is 19.6. The van der Waals surface area contributed by atoms with Crippen LogP contribution in [0.25, 0.3) is 21.5 Å². The van der Waals surface area contributed by atoms with Crippen molar-refractivity contribution in [1.29, 1.82) is 5.41 Å². The smallest absolute Gasteiger partial charge is 0.335 e. The number of nitrogens with one attached hydrogen (secondary N) is 2. The second-order valence-electron chi connectivity index (χ2n) is 12.1. The molecule has 1 saturated heterocycles. The van der Waals surface area contributed by atoms with Crippen LogP contribution in [-0.4, -0.2) is 58.5 Å². The first-order valence-corrected chi connectivity index (χ1v) is 15.6. The Kier molecular flexibility index (Phi) is 8.28. The van der Waals surface area contributed by atoms with Crippen LogP contribution in [0.3, 0.4) is 0 Å². The molecule has 0 bridgehead atoms. The number of carboxylic acids is 1. The van der Waals surface area contributed by atoms with E-state index in [9.17, 15) is 19.5 Å². The molecule has 10 nitrogen and oxygen atoms in total. The minimum Gasteiger partial charge on any atom is -0.479 e. The second-order valence-corrected chi connectivity index (χ2v) is 12.1. The fourth-order valence-electron chi connectivity index (χ4n) is 7.37. The summed E-state index contributed by atoms with van der Waals surface area (Å²) in [5.41, 5.74) is 8.25. The lowest BCUT2D eigenvalue weighted by Crippen LogP contribution is -2.65. The summed E-state index contributed by atoms with van der Waals surface area (Å²) >= 11 is 0. The highest BCUT2D eigenvalue weighted by Crippen LogP contribution is 2.57. The molecule has 6 rings (SSSR count). The molecule has 1 unspecified atom stereocenters. The first kappa shape index (κ1) is 32.1. The molecule has 1 fully saturated rings. The number of rotatable bonds is 9. The zero-order valence-corrected chi connectivity index (χ0v) is 26.3. The number of carboxylic acid groups (broad SMARTS) is 1. The van der Waals surface area contributed by atoms with Gasteiger partial charge in [0.15, 0.2) is 11.3 Å². The summed E-state index contributed by atoms with van der Waals surface area (Å²) in [5.74, 6) is -3.48. The summed E-state index contributed by atoms with van der Waals surface area (Å²) in [5, 5.41) is 25.3. The molecule has 48 heavy (non-hydrogen) atoms. The van der Waals surface area contributed by atoms with Crippen LogP contribution in [0, 0.1) is 5.41 Å². The lowest BCUT2D eigenvalue weighted by molar-refractivity contribution is -0.161. The number of nitrogens with zero attached hydrogens (tertiary/aromatic N) is 1. The molecule has 0 radical (unpaired) electrons. The van der Waals surface area contributed by atoms with Gasteiger partial charge in [-0.1, -0.05) is 97.1 Å². The summed E-state index contributed by atoms with van der Waals surface area (Å²) in [6.07, 6.45) is -0.0629. The van der Waals surface area contributed by atoms with Gasteiger partial charge in [-0.05, 0) is 58.1 Å². The number of hydrogen-bond acceptors (Lipinski definition) is 6. The number of fused-ring (bicyclic) bond motifs is 2. The summed E-state index contributed by atoms with van der Waals surface area (Å²) < 4.78 is 0. The fourth-order valence-corrected chi connectivity index (χ4v) is 7.37. The van der Waals surface area contributed by atoms with Crippen molar-refractivity contribution >= 4 is 50.9 Å². The predicted molar refractivity (Wildman–Crippen MR) is 184 cm³/mol. The average molecular weight is 642 g/mol. The maximum absolute atomic E-state index is 15.5. The lowest BCUT2D eigenvalue weighted by atomic mass is 9.58. The van der Waals surface area contributed by atoms with Crippen molar-refractivity contribution in [2.75, 3.05) is 13.1 Å². The number of carbonyl (C=O) groups excluding carboxylic acids is 3. The van der Waals surface area contributed by atoms with Crippen LogP contribution >= 0.6 is 0 Å². The molecule has 5 aromatic rings. The van der Waals surface area contributed by atoms with Crippen LogP contribution in [-0.2, 0) is 25.3 Å². The first-order valence-electron chi connectivity index (χ1n) is 15.6. The topological polar surface area (TPSA) is 180 Å². The number of hydrogen-bond donors (Lipinski definition) is 5. The molecule has 0 aliphatic carbocycles.